The van der Waals surface area contributed by atoms with E-state index in [2.05, 4.69) is 152 Å². The topological polar surface area (TPSA) is 26.0 Å². The normalized spacial score (nSPS) is 11.4. The number of aromatic nitrogens is 1. The van der Waals surface area contributed by atoms with Crippen LogP contribution in [0.3, 0.4) is 0 Å². The average Bonchev–Trinajstić information content (AvgIpc) is 3.53. The van der Waals surface area contributed by atoms with Crippen molar-refractivity contribution in [2.24, 2.45) is 0 Å². The van der Waals surface area contributed by atoms with Gasteiger partial charge in [0.25, 0.3) is 0 Å². The highest BCUT2D eigenvalue weighted by Crippen LogP contribution is 2.36. The van der Waals surface area contributed by atoms with Crippen molar-refractivity contribution in [3.63, 3.8) is 0 Å². The molecule has 0 saturated carbocycles. The Hall–Kier alpha value is -6.25. The standard InChI is InChI=1S/C45H29NO/c1-3-10-30(11-4-1)42-27-39(28-43(46-42)31-12-5-2-6-13-31)37-21-20-35-25-34(18-19-36(35)26-37)32-14-9-15-33(24-32)38-22-23-41-40-16-7-8-17-44(40)47-45(41)29-38/h1-29H. The summed E-state index contributed by atoms with van der Waals surface area (Å²) in [5.41, 5.74) is 13.0. The zero-order chi connectivity index (χ0) is 31.2. The first kappa shape index (κ1) is 27.1. The number of benzene rings is 7. The van der Waals surface area contributed by atoms with Gasteiger partial charge in [-0.15, -0.1) is 0 Å². The van der Waals surface area contributed by atoms with Gasteiger partial charge in [0.2, 0.25) is 0 Å². The highest BCUT2D eigenvalue weighted by Gasteiger charge is 2.11. The molecule has 0 spiro atoms. The molecule has 2 heterocycles. The molecule has 2 heteroatoms. The van der Waals surface area contributed by atoms with E-state index in [1.807, 2.05) is 24.3 Å². The lowest BCUT2D eigenvalue weighted by molar-refractivity contribution is 0.669. The lowest BCUT2D eigenvalue weighted by Crippen LogP contribution is -1.91. The van der Waals surface area contributed by atoms with E-state index in [4.69, 9.17) is 9.40 Å². The second-order valence-corrected chi connectivity index (χ2v) is 12.0. The van der Waals surface area contributed by atoms with Gasteiger partial charge in [0.15, 0.2) is 0 Å². The van der Waals surface area contributed by atoms with Gasteiger partial charge >= 0.3 is 0 Å². The zero-order valence-corrected chi connectivity index (χ0v) is 25.6. The smallest absolute Gasteiger partial charge is 0.136 e. The van der Waals surface area contributed by atoms with Gasteiger partial charge in [0.05, 0.1) is 11.4 Å². The Bertz CT molecular complexity index is 2510. The molecule has 0 fully saturated rings. The quantitative estimate of drug-likeness (QED) is 0.197. The highest BCUT2D eigenvalue weighted by atomic mass is 16.3. The van der Waals surface area contributed by atoms with Gasteiger partial charge in [-0.3, -0.25) is 0 Å². The Morgan fingerprint density at radius 1 is 0.298 bits per heavy atom. The maximum atomic E-state index is 6.17. The largest absolute Gasteiger partial charge is 0.456 e. The van der Waals surface area contributed by atoms with Gasteiger partial charge in [0.1, 0.15) is 11.2 Å². The molecule has 0 amide bonds. The summed E-state index contributed by atoms with van der Waals surface area (Å²) in [5.74, 6) is 0. The van der Waals surface area contributed by atoms with Crippen LogP contribution in [-0.2, 0) is 0 Å². The molecule has 9 aromatic rings. The number of pyridine rings is 1. The fourth-order valence-corrected chi connectivity index (χ4v) is 6.60. The molecule has 2 nitrogen and oxygen atoms in total. The first-order valence-electron chi connectivity index (χ1n) is 15.9. The molecular formula is C45H29NO. The molecule has 0 unspecified atom stereocenters. The van der Waals surface area contributed by atoms with Gasteiger partial charge in [-0.2, -0.15) is 0 Å². The summed E-state index contributed by atoms with van der Waals surface area (Å²) < 4.78 is 6.17. The van der Waals surface area contributed by atoms with E-state index in [1.54, 1.807) is 0 Å². The molecule has 47 heavy (non-hydrogen) atoms. The van der Waals surface area contributed by atoms with Crippen molar-refractivity contribution in [1.29, 1.82) is 0 Å². The number of furan rings is 1. The zero-order valence-electron chi connectivity index (χ0n) is 25.6. The monoisotopic (exact) mass is 599 g/mol. The molecule has 0 bridgehead atoms. The summed E-state index contributed by atoms with van der Waals surface area (Å²) in [4.78, 5) is 5.06. The number of rotatable bonds is 5. The molecule has 2 aromatic heterocycles. The van der Waals surface area contributed by atoms with Gasteiger partial charge in [-0.05, 0) is 92.7 Å². The van der Waals surface area contributed by atoms with E-state index < -0.39 is 0 Å². The summed E-state index contributed by atoms with van der Waals surface area (Å²) in [6, 6.07) is 62.2. The van der Waals surface area contributed by atoms with Crippen molar-refractivity contribution in [3.05, 3.63) is 176 Å². The summed E-state index contributed by atoms with van der Waals surface area (Å²) in [7, 11) is 0. The molecule has 0 aliphatic rings. The number of para-hydroxylation sites is 1. The maximum Gasteiger partial charge on any atom is 0.136 e. The maximum absolute atomic E-state index is 6.17. The lowest BCUT2D eigenvalue weighted by atomic mass is 9.95. The van der Waals surface area contributed by atoms with Crippen molar-refractivity contribution in [3.8, 4) is 55.9 Å². The van der Waals surface area contributed by atoms with E-state index >= 15 is 0 Å². The third-order valence-corrected chi connectivity index (χ3v) is 9.05. The summed E-state index contributed by atoms with van der Waals surface area (Å²) >= 11 is 0. The SMILES string of the molecule is c1ccc(-c2cc(-c3ccc4cc(-c5cccc(-c6ccc7c(c6)oc6ccccc67)c5)ccc4c3)cc(-c3ccccc3)n2)cc1. The Balaban J connectivity index is 1.07. The molecule has 0 N–H and O–H groups in total. The predicted molar refractivity (Wildman–Crippen MR) is 196 cm³/mol. The number of hydrogen-bond donors (Lipinski definition) is 0. The Morgan fingerprint density at radius 3 is 1.45 bits per heavy atom. The minimum atomic E-state index is 0.914. The molecule has 0 atom stereocenters. The second kappa shape index (κ2) is 11.3. The van der Waals surface area contributed by atoms with E-state index in [1.165, 1.54) is 33.0 Å². The third kappa shape index (κ3) is 5.07. The first-order valence-corrected chi connectivity index (χ1v) is 15.9. The fourth-order valence-electron chi connectivity index (χ4n) is 6.60. The van der Waals surface area contributed by atoms with E-state index in [0.29, 0.717) is 0 Å². The molecule has 220 valence electrons. The minimum absolute atomic E-state index is 0.914. The van der Waals surface area contributed by atoms with Crippen LogP contribution in [0.5, 0.6) is 0 Å². The van der Waals surface area contributed by atoms with Gasteiger partial charge < -0.3 is 4.42 Å². The van der Waals surface area contributed by atoms with Crippen molar-refractivity contribution in [2.45, 2.75) is 0 Å². The Kier molecular flexibility index (Phi) is 6.50. The Labute approximate surface area is 273 Å². The third-order valence-electron chi connectivity index (χ3n) is 9.05. The summed E-state index contributed by atoms with van der Waals surface area (Å²) in [6.45, 7) is 0. The number of fused-ring (bicyclic) bond motifs is 4. The van der Waals surface area contributed by atoms with Crippen LogP contribution in [0, 0.1) is 0 Å². The second-order valence-electron chi connectivity index (χ2n) is 12.0. The van der Waals surface area contributed by atoms with Crippen molar-refractivity contribution in [2.75, 3.05) is 0 Å². The molecule has 0 saturated heterocycles. The molecule has 0 aliphatic carbocycles. The minimum Gasteiger partial charge on any atom is -0.456 e. The van der Waals surface area contributed by atoms with Crippen LogP contribution < -0.4 is 0 Å². The molecular weight excluding hydrogens is 571 g/mol. The van der Waals surface area contributed by atoms with Crippen molar-refractivity contribution in [1.82, 2.24) is 4.98 Å². The Morgan fingerprint density at radius 2 is 0.787 bits per heavy atom. The van der Waals surface area contributed by atoms with E-state index in [9.17, 15) is 0 Å². The molecule has 7 aromatic carbocycles. The van der Waals surface area contributed by atoms with Crippen LogP contribution in [-0.4, -0.2) is 4.98 Å². The average molecular weight is 600 g/mol. The van der Waals surface area contributed by atoms with E-state index in [-0.39, 0.29) is 0 Å². The lowest BCUT2D eigenvalue weighted by Gasteiger charge is -2.12. The van der Waals surface area contributed by atoms with Crippen molar-refractivity contribution >= 4 is 32.7 Å². The van der Waals surface area contributed by atoms with Gasteiger partial charge in [0, 0.05) is 21.9 Å². The van der Waals surface area contributed by atoms with Crippen LogP contribution in [0.4, 0.5) is 0 Å². The molecule has 9 rings (SSSR count). The fraction of sp³-hybridized carbons (Fsp3) is 0. The summed E-state index contributed by atoms with van der Waals surface area (Å²) in [6.07, 6.45) is 0. The van der Waals surface area contributed by atoms with Crippen LogP contribution >= 0.6 is 0 Å². The first-order chi connectivity index (χ1) is 23.2. The van der Waals surface area contributed by atoms with E-state index in [0.717, 1.165) is 55.6 Å². The molecule has 0 radical (unpaired) electrons. The predicted octanol–water partition coefficient (Wildman–Crippen LogP) is 12.5. The van der Waals surface area contributed by atoms with Crippen LogP contribution in [0.25, 0.3) is 88.6 Å². The van der Waals surface area contributed by atoms with Gasteiger partial charge in [-0.1, -0.05) is 127 Å². The van der Waals surface area contributed by atoms with Crippen LogP contribution in [0.1, 0.15) is 0 Å². The van der Waals surface area contributed by atoms with Crippen LogP contribution in [0.15, 0.2) is 180 Å². The molecule has 0 aliphatic heterocycles. The number of hydrogen-bond acceptors (Lipinski definition) is 2. The highest BCUT2D eigenvalue weighted by molar-refractivity contribution is 6.06. The summed E-state index contributed by atoms with van der Waals surface area (Å²) in [5, 5.41) is 4.71. The van der Waals surface area contributed by atoms with Gasteiger partial charge in [-0.25, -0.2) is 4.98 Å². The van der Waals surface area contributed by atoms with Crippen LogP contribution in [0.2, 0.25) is 0 Å². The number of nitrogens with zero attached hydrogens (tertiary/aromatic N) is 1. The van der Waals surface area contributed by atoms with Crippen molar-refractivity contribution < 1.29 is 4.42 Å².